The standard InChI is InChI=1S/C14H12BrN3O2.C7H4F4O/c15-9-3-4-11(17-8-9)14(19)18-10-5-7-20-12-2-1-6-16-13(10)12;8-5-3-1-2-4-6(5)12-7(9,10)11/h1-4,6,8,10H,5,7H2,(H,18,19);1-4H. The van der Waals surface area contributed by atoms with Gasteiger partial charge in [0.25, 0.3) is 5.91 Å². The van der Waals surface area contributed by atoms with E-state index in [9.17, 15) is 22.4 Å². The molecule has 32 heavy (non-hydrogen) atoms. The molecule has 2 aromatic heterocycles. The van der Waals surface area contributed by atoms with Crippen molar-refractivity contribution in [2.24, 2.45) is 0 Å². The molecule has 0 spiro atoms. The van der Waals surface area contributed by atoms with Crippen LogP contribution in [0.1, 0.15) is 28.6 Å². The molecule has 4 rings (SSSR count). The Morgan fingerprint density at radius 1 is 1.12 bits per heavy atom. The minimum atomic E-state index is -4.85. The number of carbonyl (C=O) groups excluding carboxylic acids is 1. The average Bonchev–Trinajstić information content (AvgIpc) is 2.76. The SMILES string of the molecule is Fc1ccccc1OC(F)(F)F.O=C(NC1CCOc2cccnc21)c1ccc(Br)cn1. The maximum absolute atomic E-state index is 12.5. The molecular weight excluding hydrogens is 498 g/mol. The Kier molecular flexibility index (Phi) is 7.62. The van der Waals surface area contributed by atoms with Gasteiger partial charge in [-0.3, -0.25) is 9.78 Å². The van der Waals surface area contributed by atoms with E-state index >= 15 is 0 Å². The second-order valence-corrected chi connectivity index (χ2v) is 7.31. The van der Waals surface area contributed by atoms with Gasteiger partial charge in [-0.1, -0.05) is 12.1 Å². The van der Waals surface area contributed by atoms with Crippen LogP contribution in [-0.4, -0.2) is 28.8 Å². The third-order valence-electron chi connectivity index (χ3n) is 4.12. The van der Waals surface area contributed by atoms with Gasteiger partial charge in [0.05, 0.1) is 12.6 Å². The largest absolute Gasteiger partial charge is 0.573 e. The predicted octanol–water partition coefficient (Wildman–Crippen LogP) is 5.22. The number of rotatable bonds is 3. The highest BCUT2D eigenvalue weighted by molar-refractivity contribution is 9.10. The van der Waals surface area contributed by atoms with Crippen LogP contribution in [0.2, 0.25) is 0 Å². The fraction of sp³-hybridized carbons (Fsp3) is 0.190. The molecule has 3 heterocycles. The van der Waals surface area contributed by atoms with Gasteiger partial charge >= 0.3 is 6.36 Å². The van der Waals surface area contributed by atoms with Crippen molar-refractivity contribution >= 4 is 21.8 Å². The molecule has 1 aliphatic heterocycles. The highest BCUT2D eigenvalue weighted by Gasteiger charge is 2.32. The number of alkyl halides is 3. The van der Waals surface area contributed by atoms with Crippen molar-refractivity contribution in [2.45, 2.75) is 18.8 Å². The van der Waals surface area contributed by atoms with E-state index < -0.39 is 17.9 Å². The van der Waals surface area contributed by atoms with E-state index in [-0.39, 0.29) is 11.9 Å². The second-order valence-electron chi connectivity index (χ2n) is 6.39. The Bertz CT molecular complexity index is 1060. The van der Waals surface area contributed by atoms with E-state index in [0.29, 0.717) is 18.7 Å². The molecule has 11 heteroatoms. The summed E-state index contributed by atoms with van der Waals surface area (Å²) in [6, 6.07) is 11.3. The number of halogens is 5. The number of benzene rings is 1. The lowest BCUT2D eigenvalue weighted by Gasteiger charge is -2.25. The number of amides is 1. The molecule has 0 aliphatic carbocycles. The smallest absolute Gasteiger partial charge is 0.491 e. The zero-order chi connectivity index (χ0) is 23.1. The normalized spacial score (nSPS) is 14.8. The number of para-hydroxylation sites is 1. The molecule has 1 aromatic carbocycles. The summed E-state index contributed by atoms with van der Waals surface area (Å²) in [7, 11) is 0. The van der Waals surface area contributed by atoms with Crippen LogP contribution < -0.4 is 14.8 Å². The Morgan fingerprint density at radius 2 is 1.91 bits per heavy atom. The molecule has 168 valence electrons. The van der Waals surface area contributed by atoms with Crippen molar-refractivity contribution in [1.82, 2.24) is 15.3 Å². The Balaban J connectivity index is 0.000000207. The van der Waals surface area contributed by atoms with Crippen LogP contribution in [0.25, 0.3) is 0 Å². The lowest BCUT2D eigenvalue weighted by molar-refractivity contribution is -0.275. The van der Waals surface area contributed by atoms with Crippen molar-refractivity contribution in [1.29, 1.82) is 0 Å². The van der Waals surface area contributed by atoms with Gasteiger partial charge in [-0.05, 0) is 52.3 Å². The molecule has 3 aromatic rings. The number of hydrogen-bond donors (Lipinski definition) is 1. The summed E-state index contributed by atoms with van der Waals surface area (Å²) < 4.78 is 56.8. The number of ether oxygens (including phenoxy) is 2. The summed E-state index contributed by atoms with van der Waals surface area (Å²) >= 11 is 3.29. The fourth-order valence-corrected chi connectivity index (χ4v) is 2.98. The van der Waals surface area contributed by atoms with Crippen LogP contribution in [0.4, 0.5) is 17.6 Å². The quantitative estimate of drug-likeness (QED) is 0.486. The topological polar surface area (TPSA) is 73.3 Å². The van der Waals surface area contributed by atoms with E-state index in [1.54, 1.807) is 24.5 Å². The van der Waals surface area contributed by atoms with Crippen molar-refractivity contribution < 1.29 is 31.8 Å². The van der Waals surface area contributed by atoms with Crippen LogP contribution in [0.3, 0.4) is 0 Å². The predicted molar refractivity (Wildman–Crippen MR) is 110 cm³/mol. The van der Waals surface area contributed by atoms with Crippen LogP contribution in [0.15, 0.2) is 65.4 Å². The van der Waals surface area contributed by atoms with Gasteiger partial charge in [0.2, 0.25) is 0 Å². The van der Waals surface area contributed by atoms with Crippen LogP contribution in [0.5, 0.6) is 11.5 Å². The maximum atomic E-state index is 12.5. The summed E-state index contributed by atoms with van der Waals surface area (Å²) in [6.45, 7) is 0.567. The first-order valence-electron chi connectivity index (χ1n) is 9.23. The minimum absolute atomic E-state index is 0.141. The molecule has 1 amide bonds. The number of pyridine rings is 2. The van der Waals surface area contributed by atoms with Gasteiger partial charge in [-0.15, -0.1) is 13.2 Å². The summed E-state index contributed by atoms with van der Waals surface area (Å²) in [4.78, 5) is 20.6. The summed E-state index contributed by atoms with van der Waals surface area (Å²) in [5.41, 5.74) is 1.15. The van der Waals surface area contributed by atoms with Crippen LogP contribution in [0, 0.1) is 5.82 Å². The lowest BCUT2D eigenvalue weighted by Crippen LogP contribution is -2.33. The first kappa shape index (κ1) is 23.5. The Morgan fingerprint density at radius 3 is 2.59 bits per heavy atom. The molecule has 1 N–H and O–H groups in total. The first-order valence-corrected chi connectivity index (χ1v) is 10.0. The van der Waals surface area contributed by atoms with Crippen molar-refractivity contribution in [3.05, 3.63) is 82.6 Å². The third kappa shape index (κ3) is 6.64. The average molecular weight is 514 g/mol. The van der Waals surface area contributed by atoms with E-state index in [1.165, 1.54) is 12.1 Å². The Labute approximate surface area is 188 Å². The molecule has 0 radical (unpaired) electrons. The maximum Gasteiger partial charge on any atom is 0.573 e. The van der Waals surface area contributed by atoms with Gasteiger partial charge in [-0.25, -0.2) is 9.37 Å². The minimum Gasteiger partial charge on any atom is -0.491 e. The number of aromatic nitrogens is 2. The molecule has 0 saturated heterocycles. The van der Waals surface area contributed by atoms with E-state index in [0.717, 1.165) is 28.0 Å². The monoisotopic (exact) mass is 513 g/mol. The number of fused-ring (bicyclic) bond motifs is 1. The molecular formula is C21H16BrF4N3O3. The second kappa shape index (κ2) is 10.4. The summed E-state index contributed by atoms with van der Waals surface area (Å²) in [5, 5.41) is 2.95. The number of nitrogens with one attached hydrogen (secondary N) is 1. The van der Waals surface area contributed by atoms with Crippen molar-refractivity contribution in [3.8, 4) is 11.5 Å². The summed E-state index contributed by atoms with van der Waals surface area (Å²) in [6.07, 6.45) is -0.843. The van der Waals surface area contributed by atoms with Gasteiger partial charge in [0.15, 0.2) is 11.6 Å². The zero-order valence-electron chi connectivity index (χ0n) is 16.3. The van der Waals surface area contributed by atoms with Crippen molar-refractivity contribution in [3.63, 3.8) is 0 Å². The van der Waals surface area contributed by atoms with Gasteiger partial charge in [0, 0.05) is 23.3 Å². The lowest BCUT2D eigenvalue weighted by atomic mass is 10.1. The van der Waals surface area contributed by atoms with Crippen molar-refractivity contribution in [2.75, 3.05) is 6.61 Å². The molecule has 0 saturated carbocycles. The molecule has 6 nitrogen and oxygen atoms in total. The first-order chi connectivity index (χ1) is 15.2. The molecule has 0 fully saturated rings. The fourth-order valence-electron chi connectivity index (χ4n) is 2.74. The Hall–Kier alpha value is -3.21. The molecule has 1 unspecified atom stereocenters. The van der Waals surface area contributed by atoms with Crippen LogP contribution >= 0.6 is 15.9 Å². The highest BCUT2D eigenvalue weighted by atomic mass is 79.9. The third-order valence-corrected chi connectivity index (χ3v) is 4.59. The molecule has 1 aliphatic rings. The highest BCUT2D eigenvalue weighted by Crippen LogP contribution is 2.29. The van der Waals surface area contributed by atoms with Gasteiger partial charge in [-0.2, -0.15) is 0 Å². The van der Waals surface area contributed by atoms with E-state index in [2.05, 4.69) is 36.0 Å². The summed E-state index contributed by atoms with van der Waals surface area (Å²) in [5.74, 6) is -1.33. The number of carbonyl (C=O) groups is 1. The van der Waals surface area contributed by atoms with Crippen LogP contribution in [-0.2, 0) is 0 Å². The molecule has 0 bridgehead atoms. The van der Waals surface area contributed by atoms with E-state index in [1.807, 2.05) is 12.1 Å². The van der Waals surface area contributed by atoms with Gasteiger partial charge < -0.3 is 14.8 Å². The van der Waals surface area contributed by atoms with E-state index in [4.69, 9.17) is 4.74 Å². The number of nitrogens with zero attached hydrogens (tertiary/aromatic N) is 2. The van der Waals surface area contributed by atoms with Gasteiger partial charge in [0.1, 0.15) is 17.1 Å². The molecule has 1 atom stereocenters. The zero-order valence-corrected chi connectivity index (χ0v) is 17.9. The number of hydrogen-bond acceptors (Lipinski definition) is 5.